The molecule has 1 atom stereocenters. The van der Waals surface area contributed by atoms with Crippen molar-refractivity contribution in [1.29, 1.82) is 0 Å². The molecule has 2 nitrogen and oxygen atoms in total. The molecule has 0 fully saturated rings. The topological polar surface area (TPSA) is 21.3 Å². The van der Waals surface area contributed by atoms with Gasteiger partial charge in [0.2, 0.25) is 0 Å². The highest BCUT2D eigenvalue weighted by molar-refractivity contribution is 7.07. The maximum atomic E-state index is 6.22. The number of fused-ring (bicyclic) bond motifs is 1. The molecule has 4 heteroatoms. The quantitative estimate of drug-likeness (QED) is 0.909. The van der Waals surface area contributed by atoms with Crippen LogP contribution in [0.25, 0.3) is 0 Å². The highest BCUT2D eigenvalue weighted by Gasteiger charge is 2.20. The average Bonchev–Trinajstić information content (AvgIpc) is 3.08. The van der Waals surface area contributed by atoms with E-state index in [1.807, 2.05) is 19.2 Å². The smallest absolute Gasteiger partial charge is 0.125 e. The maximum absolute atomic E-state index is 6.22. The Bertz CT molecular complexity index is 582. The van der Waals surface area contributed by atoms with Crippen molar-refractivity contribution in [1.82, 2.24) is 5.32 Å². The number of hydrogen-bond acceptors (Lipinski definition) is 3. The van der Waals surface area contributed by atoms with E-state index in [4.69, 9.17) is 16.3 Å². The van der Waals surface area contributed by atoms with Crippen molar-refractivity contribution in [2.24, 2.45) is 0 Å². The van der Waals surface area contributed by atoms with Crippen LogP contribution in [0.2, 0.25) is 5.02 Å². The molecule has 3 rings (SSSR count). The first-order valence-electron chi connectivity index (χ1n) is 6.88. The molecule has 0 saturated carbocycles. The van der Waals surface area contributed by atoms with E-state index in [9.17, 15) is 0 Å². The molecule has 1 aromatic heterocycles. The second kappa shape index (κ2) is 6.17. The first kappa shape index (κ1) is 13.9. The molecule has 1 aliphatic rings. The number of ether oxygens (including phenoxy) is 1. The van der Waals surface area contributed by atoms with Crippen molar-refractivity contribution < 1.29 is 4.74 Å². The maximum Gasteiger partial charge on any atom is 0.125 e. The van der Waals surface area contributed by atoms with E-state index in [1.165, 1.54) is 16.7 Å². The molecule has 2 aromatic rings. The summed E-state index contributed by atoms with van der Waals surface area (Å²) in [6.45, 7) is 0.775. The molecule has 106 valence electrons. The number of likely N-dealkylation sites (N-methyl/N-ethyl adjacent to an activating group) is 1. The first-order chi connectivity index (χ1) is 9.76. The van der Waals surface area contributed by atoms with Crippen LogP contribution in [0.3, 0.4) is 0 Å². The zero-order chi connectivity index (χ0) is 13.9. The molecule has 1 unspecified atom stereocenters. The summed E-state index contributed by atoms with van der Waals surface area (Å²) in [5, 5.41) is 8.56. The van der Waals surface area contributed by atoms with Crippen LogP contribution in [0.4, 0.5) is 0 Å². The van der Waals surface area contributed by atoms with Crippen molar-refractivity contribution in [3.63, 3.8) is 0 Å². The summed E-state index contributed by atoms with van der Waals surface area (Å²) in [6, 6.07) is 6.66. The number of halogens is 1. The molecule has 0 aliphatic carbocycles. The van der Waals surface area contributed by atoms with Crippen LogP contribution in [0, 0.1) is 0 Å². The predicted octanol–water partition coefficient (Wildman–Crippen LogP) is 3.71. The number of hydrogen-bond donors (Lipinski definition) is 1. The van der Waals surface area contributed by atoms with E-state index in [-0.39, 0.29) is 0 Å². The number of benzene rings is 1. The standard InChI is InChI=1S/C16H18ClNOS/c1-18-15(6-11-3-5-20-10-11)9-13-8-14(17)7-12-2-4-19-16(12)13/h3,5,7-8,10,15,18H,2,4,6,9H2,1H3. The number of nitrogens with one attached hydrogen (secondary N) is 1. The SMILES string of the molecule is CNC(Cc1ccsc1)Cc1cc(Cl)cc2c1OCC2. The lowest BCUT2D eigenvalue weighted by Gasteiger charge is -2.17. The molecular weight excluding hydrogens is 290 g/mol. The summed E-state index contributed by atoms with van der Waals surface area (Å²) in [5.41, 5.74) is 3.85. The van der Waals surface area contributed by atoms with Gasteiger partial charge >= 0.3 is 0 Å². The molecule has 2 heterocycles. The normalized spacial score (nSPS) is 14.9. The Kier molecular flexibility index (Phi) is 4.29. The van der Waals surface area contributed by atoms with E-state index in [0.717, 1.165) is 36.6 Å². The predicted molar refractivity (Wildman–Crippen MR) is 85.2 cm³/mol. The van der Waals surface area contributed by atoms with Gasteiger partial charge in [0.1, 0.15) is 5.75 Å². The second-order valence-electron chi connectivity index (χ2n) is 5.18. The fourth-order valence-electron chi connectivity index (χ4n) is 2.73. The summed E-state index contributed by atoms with van der Waals surface area (Å²) < 4.78 is 5.78. The Morgan fingerprint density at radius 1 is 1.40 bits per heavy atom. The van der Waals surface area contributed by atoms with Crippen molar-refractivity contribution in [3.05, 3.63) is 50.7 Å². The first-order valence-corrected chi connectivity index (χ1v) is 8.21. The van der Waals surface area contributed by atoms with Crippen molar-refractivity contribution in [2.45, 2.75) is 25.3 Å². The van der Waals surface area contributed by atoms with E-state index >= 15 is 0 Å². The third-order valence-electron chi connectivity index (χ3n) is 3.76. The zero-order valence-electron chi connectivity index (χ0n) is 11.5. The Labute approximate surface area is 128 Å². The van der Waals surface area contributed by atoms with E-state index in [2.05, 4.69) is 22.1 Å². The Balaban J connectivity index is 1.79. The Morgan fingerprint density at radius 3 is 3.05 bits per heavy atom. The van der Waals surface area contributed by atoms with E-state index in [1.54, 1.807) is 11.3 Å². The largest absolute Gasteiger partial charge is 0.493 e. The van der Waals surface area contributed by atoms with Crippen molar-refractivity contribution >= 4 is 22.9 Å². The van der Waals surface area contributed by atoms with Gasteiger partial charge in [-0.25, -0.2) is 0 Å². The van der Waals surface area contributed by atoms with E-state index in [0.29, 0.717) is 6.04 Å². The minimum absolute atomic E-state index is 0.399. The highest BCUT2D eigenvalue weighted by atomic mass is 35.5. The second-order valence-corrected chi connectivity index (χ2v) is 6.39. The third kappa shape index (κ3) is 3.00. The summed E-state index contributed by atoms with van der Waals surface area (Å²) in [4.78, 5) is 0. The van der Waals surface area contributed by atoms with E-state index < -0.39 is 0 Å². The van der Waals surface area contributed by atoms with Crippen LogP contribution in [-0.4, -0.2) is 19.7 Å². The van der Waals surface area contributed by atoms with Gasteiger partial charge in [-0.2, -0.15) is 11.3 Å². The van der Waals surface area contributed by atoms with Gasteiger partial charge in [0.05, 0.1) is 6.61 Å². The van der Waals surface area contributed by atoms with Gasteiger partial charge in [-0.15, -0.1) is 0 Å². The minimum Gasteiger partial charge on any atom is -0.493 e. The molecule has 20 heavy (non-hydrogen) atoms. The fraction of sp³-hybridized carbons (Fsp3) is 0.375. The van der Waals surface area contributed by atoms with Crippen LogP contribution in [-0.2, 0) is 19.3 Å². The van der Waals surface area contributed by atoms with Crippen LogP contribution in [0.1, 0.15) is 16.7 Å². The molecule has 0 bridgehead atoms. The zero-order valence-corrected chi connectivity index (χ0v) is 13.1. The monoisotopic (exact) mass is 307 g/mol. The van der Waals surface area contributed by atoms with Gasteiger partial charge in [-0.3, -0.25) is 0 Å². The van der Waals surface area contributed by atoms with Crippen LogP contribution in [0.5, 0.6) is 5.75 Å². The molecule has 0 amide bonds. The van der Waals surface area contributed by atoms with Crippen molar-refractivity contribution in [2.75, 3.05) is 13.7 Å². The van der Waals surface area contributed by atoms with Gasteiger partial charge in [-0.05, 0) is 65.5 Å². The fourth-order valence-corrected chi connectivity index (χ4v) is 3.68. The lowest BCUT2D eigenvalue weighted by molar-refractivity contribution is 0.351. The number of thiophene rings is 1. The highest BCUT2D eigenvalue weighted by Crippen LogP contribution is 2.33. The molecule has 0 radical (unpaired) electrons. The average molecular weight is 308 g/mol. The Morgan fingerprint density at radius 2 is 2.30 bits per heavy atom. The minimum atomic E-state index is 0.399. The third-order valence-corrected chi connectivity index (χ3v) is 4.71. The van der Waals surface area contributed by atoms with Gasteiger partial charge < -0.3 is 10.1 Å². The molecule has 0 spiro atoms. The number of rotatable bonds is 5. The lowest BCUT2D eigenvalue weighted by Crippen LogP contribution is -2.29. The summed E-state index contributed by atoms with van der Waals surface area (Å²) in [5.74, 6) is 1.06. The van der Waals surface area contributed by atoms with Gasteiger partial charge in [-0.1, -0.05) is 11.6 Å². The van der Waals surface area contributed by atoms with Crippen LogP contribution >= 0.6 is 22.9 Å². The molecular formula is C16H18ClNOS. The molecule has 1 aromatic carbocycles. The molecule has 1 N–H and O–H groups in total. The lowest BCUT2D eigenvalue weighted by atomic mass is 9.98. The van der Waals surface area contributed by atoms with Crippen LogP contribution < -0.4 is 10.1 Å². The summed E-state index contributed by atoms with van der Waals surface area (Å²) >= 11 is 7.97. The Hall–Kier alpha value is -1.03. The van der Waals surface area contributed by atoms with Gasteiger partial charge in [0.25, 0.3) is 0 Å². The van der Waals surface area contributed by atoms with Crippen LogP contribution in [0.15, 0.2) is 29.0 Å². The molecule has 0 saturated heterocycles. The summed E-state index contributed by atoms with van der Waals surface area (Å²) in [6.07, 6.45) is 2.94. The van der Waals surface area contributed by atoms with Gasteiger partial charge in [0.15, 0.2) is 0 Å². The van der Waals surface area contributed by atoms with Gasteiger partial charge in [0, 0.05) is 17.5 Å². The van der Waals surface area contributed by atoms with Crippen molar-refractivity contribution in [3.8, 4) is 5.75 Å². The summed E-state index contributed by atoms with van der Waals surface area (Å²) in [7, 11) is 2.02. The molecule has 1 aliphatic heterocycles.